The van der Waals surface area contributed by atoms with Gasteiger partial charge in [-0.15, -0.1) is 11.3 Å². The summed E-state index contributed by atoms with van der Waals surface area (Å²) in [5.74, 6) is 0.812. The van der Waals surface area contributed by atoms with Gasteiger partial charge >= 0.3 is 0 Å². The van der Waals surface area contributed by atoms with Crippen LogP contribution in [0.3, 0.4) is 0 Å². The van der Waals surface area contributed by atoms with E-state index in [0.29, 0.717) is 19.7 Å². The molecule has 2 aromatic rings. The molecule has 0 atom stereocenters. The van der Waals surface area contributed by atoms with E-state index >= 15 is 0 Å². The number of thiazole rings is 1. The molecule has 5 nitrogen and oxygen atoms in total. The molecule has 1 aromatic carbocycles. The molecule has 0 aliphatic rings. The Morgan fingerprint density at radius 1 is 1.17 bits per heavy atom. The van der Waals surface area contributed by atoms with Crippen LogP contribution in [0.4, 0.5) is 0 Å². The Labute approximate surface area is 148 Å². The molecule has 0 aliphatic heterocycles. The average Bonchev–Trinajstić information content (AvgIpc) is 3.07. The van der Waals surface area contributed by atoms with E-state index in [1.54, 1.807) is 18.4 Å². The Bertz CT molecular complexity index is 637. The third kappa shape index (κ3) is 5.94. The van der Waals surface area contributed by atoms with E-state index in [9.17, 15) is 0 Å². The molecule has 0 amide bonds. The Hall–Kier alpha value is -1.92. The molecule has 2 N–H and O–H groups in total. The number of rotatable bonds is 8. The van der Waals surface area contributed by atoms with Crippen molar-refractivity contribution in [1.82, 2.24) is 15.6 Å². The third-order valence-corrected chi connectivity index (χ3v) is 4.60. The van der Waals surface area contributed by atoms with Crippen LogP contribution in [0.2, 0.25) is 0 Å². The summed E-state index contributed by atoms with van der Waals surface area (Å²) in [6.07, 6.45) is 2.98. The van der Waals surface area contributed by atoms with Crippen LogP contribution < -0.4 is 10.6 Å². The largest absolute Gasteiger partial charge is 0.380 e. The highest BCUT2D eigenvalue weighted by Crippen LogP contribution is 2.12. The van der Waals surface area contributed by atoms with Gasteiger partial charge in [0.05, 0.1) is 19.7 Å². The van der Waals surface area contributed by atoms with Crippen molar-refractivity contribution in [3.8, 4) is 0 Å². The zero-order valence-electron chi connectivity index (χ0n) is 14.6. The van der Waals surface area contributed by atoms with Crippen molar-refractivity contribution >= 4 is 17.3 Å². The van der Waals surface area contributed by atoms with Gasteiger partial charge in [0.15, 0.2) is 5.96 Å². The lowest BCUT2D eigenvalue weighted by atomic mass is 10.1. The van der Waals surface area contributed by atoms with Gasteiger partial charge in [0.2, 0.25) is 0 Å². The van der Waals surface area contributed by atoms with Gasteiger partial charge in [-0.1, -0.05) is 31.2 Å². The number of nitrogens with zero attached hydrogens (tertiary/aromatic N) is 2. The van der Waals surface area contributed by atoms with E-state index in [-0.39, 0.29) is 0 Å². The number of nitrogens with one attached hydrogen (secondary N) is 2. The normalized spacial score (nSPS) is 11.5. The van der Waals surface area contributed by atoms with Gasteiger partial charge in [-0.2, -0.15) is 0 Å². The zero-order valence-corrected chi connectivity index (χ0v) is 15.4. The highest BCUT2D eigenvalue weighted by molar-refractivity contribution is 7.11. The Kier molecular flexibility index (Phi) is 7.71. The first kappa shape index (κ1) is 18.4. The van der Waals surface area contributed by atoms with Gasteiger partial charge in [0.1, 0.15) is 5.01 Å². The molecule has 1 aromatic heterocycles. The Morgan fingerprint density at radius 3 is 2.54 bits per heavy atom. The minimum atomic E-state index is 0.640. The predicted molar refractivity (Wildman–Crippen MR) is 100 cm³/mol. The van der Waals surface area contributed by atoms with Crippen molar-refractivity contribution in [3.05, 3.63) is 51.5 Å². The predicted octanol–water partition coefficient (Wildman–Crippen LogP) is 3.11. The van der Waals surface area contributed by atoms with Gasteiger partial charge in [-0.3, -0.25) is 0 Å². The number of aryl methyl sites for hydroxylation is 1. The van der Waals surface area contributed by atoms with Gasteiger partial charge in [-0.05, 0) is 24.5 Å². The van der Waals surface area contributed by atoms with Crippen LogP contribution in [0.15, 0.2) is 35.5 Å². The van der Waals surface area contributed by atoms with Gasteiger partial charge in [-0.25, -0.2) is 9.98 Å². The highest BCUT2D eigenvalue weighted by Gasteiger charge is 2.03. The second kappa shape index (κ2) is 10.1. The summed E-state index contributed by atoms with van der Waals surface area (Å²) in [5, 5.41) is 7.70. The minimum absolute atomic E-state index is 0.640. The molecule has 24 heavy (non-hydrogen) atoms. The van der Waals surface area contributed by atoms with Crippen LogP contribution in [0.1, 0.15) is 34.9 Å². The summed E-state index contributed by atoms with van der Waals surface area (Å²) in [6.45, 7) is 7.02. The second-order valence-electron chi connectivity index (χ2n) is 5.37. The molecule has 6 heteroatoms. The maximum absolute atomic E-state index is 5.13. The number of benzene rings is 1. The van der Waals surface area contributed by atoms with E-state index in [2.05, 4.69) is 58.7 Å². The molecule has 130 valence electrons. The smallest absolute Gasteiger partial charge is 0.191 e. The molecule has 0 saturated heterocycles. The number of aromatic nitrogens is 1. The lowest BCUT2D eigenvalue weighted by molar-refractivity contribution is 0.185. The van der Waals surface area contributed by atoms with E-state index < -0.39 is 0 Å². The third-order valence-electron chi connectivity index (χ3n) is 3.45. The summed E-state index contributed by atoms with van der Waals surface area (Å²) in [6, 6.07) is 8.35. The van der Waals surface area contributed by atoms with Crippen molar-refractivity contribution in [2.24, 2.45) is 4.99 Å². The number of hydrogen-bond acceptors (Lipinski definition) is 4. The van der Waals surface area contributed by atoms with Crippen molar-refractivity contribution in [2.45, 2.75) is 40.0 Å². The van der Waals surface area contributed by atoms with Gasteiger partial charge in [0.25, 0.3) is 0 Å². The van der Waals surface area contributed by atoms with Crippen LogP contribution in [0, 0.1) is 0 Å². The SMILES string of the molecule is CCNC(=NCc1ccc(COC)cc1)NCc1ncc(CC)s1. The Balaban J connectivity index is 1.91. The first-order valence-corrected chi connectivity index (χ1v) is 9.09. The van der Waals surface area contributed by atoms with E-state index in [0.717, 1.165) is 23.9 Å². The topological polar surface area (TPSA) is 58.5 Å². The fourth-order valence-corrected chi connectivity index (χ4v) is 2.97. The van der Waals surface area contributed by atoms with Crippen LogP contribution >= 0.6 is 11.3 Å². The molecule has 1 heterocycles. The number of aliphatic imine (C=N–C) groups is 1. The molecule has 0 unspecified atom stereocenters. The fourth-order valence-electron chi connectivity index (χ4n) is 2.17. The molecule has 0 aliphatic carbocycles. The maximum atomic E-state index is 5.13. The average molecular weight is 347 g/mol. The monoisotopic (exact) mass is 346 g/mol. The zero-order chi connectivity index (χ0) is 17.2. The Morgan fingerprint density at radius 2 is 1.92 bits per heavy atom. The second-order valence-corrected chi connectivity index (χ2v) is 6.57. The summed E-state index contributed by atoms with van der Waals surface area (Å²) in [5.41, 5.74) is 2.35. The van der Waals surface area contributed by atoms with Crippen LogP contribution in [0.5, 0.6) is 0 Å². The highest BCUT2D eigenvalue weighted by atomic mass is 32.1. The molecule has 0 spiro atoms. The van der Waals surface area contributed by atoms with Crippen LogP contribution in [0.25, 0.3) is 0 Å². The van der Waals surface area contributed by atoms with Crippen LogP contribution in [-0.2, 0) is 30.9 Å². The van der Waals surface area contributed by atoms with Gasteiger partial charge in [0, 0.05) is 24.7 Å². The summed E-state index contributed by atoms with van der Waals surface area (Å²) >= 11 is 1.75. The number of hydrogen-bond donors (Lipinski definition) is 2. The summed E-state index contributed by atoms with van der Waals surface area (Å²) in [7, 11) is 1.71. The molecular weight excluding hydrogens is 320 g/mol. The van der Waals surface area contributed by atoms with Crippen molar-refractivity contribution in [3.63, 3.8) is 0 Å². The van der Waals surface area contributed by atoms with Crippen LogP contribution in [-0.4, -0.2) is 24.6 Å². The summed E-state index contributed by atoms with van der Waals surface area (Å²) < 4.78 is 5.13. The quantitative estimate of drug-likeness (QED) is 0.570. The lowest BCUT2D eigenvalue weighted by Crippen LogP contribution is -2.36. The van der Waals surface area contributed by atoms with E-state index in [4.69, 9.17) is 4.74 Å². The molecule has 2 rings (SSSR count). The maximum Gasteiger partial charge on any atom is 0.191 e. The van der Waals surface area contributed by atoms with Gasteiger partial charge < -0.3 is 15.4 Å². The molecule has 0 saturated carbocycles. The lowest BCUT2D eigenvalue weighted by Gasteiger charge is -2.10. The fraction of sp³-hybridized carbons (Fsp3) is 0.444. The number of methoxy groups -OCH3 is 1. The minimum Gasteiger partial charge on any atom is -0.380 e. The first-order valence-electron chi connectivity index (χ1n) is 8.27. The number of guanidine groups is 1. The summed E-state index contributed by atoms with van der Waals surface area (Å²) in [4.78, 5) is 10.4. The van der Waals surface area contributed by atoms with Crippen molar-refractivity contribution in [2.75, 3.05) is 13.7 Å². The molecule has 0 radical (unpaired) electrons. The van der Waals surface area contributed by atoms with Crippen molar-refractivity contribution < 1.29 is 4.74 Å². The van der Waals surface area contributed by atoms with E-state index in [1.807, 2.05) is 6.20 Å². The molecular formula is C18H26N4OS. The number of ether oxygens (including phenoxy) is 1. The standard InChI is InChI=1S/C18H26N4OS/c1-4-16-11-20-17(24-16)12-22-18(19-5-2)21-10-14-6-8-15(9-7-14)13-23-3/h6-9,11H,4-5,10,12-13H2,1-3H3,(H2,19,21,22). The van der Waals surface area contributed by atoms with Crippen molar-refractivity contribution in [1.29, 1.82) is 0 Å². The molecule has 0 fully saturated rings. The first-order chi connectivity index (χ1) is 11.7. The molecule has 0 bridgehead atoms. The van der Waals surface area contributed by atoms with E-state index in [1.165, 1.54) is 16.0 Å².